The van der Waals surface area contributed by atoms with Crippen molar-refractivity contribution in [3.05, 3.63) is 53.8 Å². The van der Waals surface area contributed by atoms with Crippen molar-refractivity contribution in [3.63, 3.8) is 0 Å². The van der Waals surface area contributed by atoms with Crippen LogP contribution in [0.1, 0.15) is 12.0 Å². The van der Waals surface area contributed by atoms with Crippen LogP contribution in [0.5, 0.6) is 5.75 Å². The van der Waals surface area contributed by atoms with Gasteiger partial charge in [0.2, 0.25) is 0 Å². The average molecular weight is 330 g/mol. The largest absolute Gasteiger partial charge is 0.493 e. The molecule has 0 amide bonds. The maximum absolute atomic E-state index is 13.7. The molecule has 1 saturated heterocycles. The van der Waals surface area contributed by atoms with Gasteiger partial charge in [0.05, 0.1) is 19.6 Å². The first-order chi connectivity index (χ1) is 11.6. The van der Waals surface area contributed by atoms with Gasteiger partial charge >= 0.3 is 5.97 Å². The minimum atomic E-state index is -1.05. The van der Waals surface area contributed by atoms with Gasteiger partial charge in [-0.3, -0.25) is 4.79 Å². The van der Waals surface area contributed by atoms with Gasteiger partial charge in [-0.15, -0.1) is 0 Å². The topological polar surface area (TPSA) is 55.8 Å². The summed E-state index contributed by atoms with van der Waals surface area (Å²) in [6, 6.07) is 12.0. The van der Waals surface area contributed by atoms with Crippen molar-refractivity contribution in [2.45, 2.75) is 12.8 Å². The smallest absolute Gasteiger partial charge is 0.307 e. The van der Waals surface area contributed by atoms with Crippen LogP contribution in [0.15, 0.2) is 42.5 Å². The number of benzene rings is 2. The molecule has 1 heterocycles. The van der Waals surface area contributed by atoms with E-state index in [4.69, 9.17) is 14.6 Å². The zero-order chi connectivity index (χ0) is 16.9. The minimum Gasteiger partial charge on any atom is -0.493 e. The molecule has 0 bridgehead atoms. The lowest BCUT2D eigenvalue weighted by molar-refractivity contribution is -0.136. The van der Waals surface area contributed by atoms with Crippen molar-refractivity contribution in [2.75, 3.05) is 19.8 Å². The lowest BCUT2D eigenvalue weighted by Crippen LogP contribution is -2.11. The maximum Gasteiger partial charge on any atom is 0.307 e. The Morgan fingerprint density at radius 3 is 2.62 bits per heavy atom. The summed E-state index contributed by atoms with van der Waals surface area (Å²) in [6.07, 6.45) is 0.699. The highest BCUT2D eigenvalue weighted by Crippen LogP contribution is 2.25. The number of hydrogen-bond donors (Lipinski definition) is 1. The Labute approximate surface area is 139 Å². The van der Waals surface area contributed by atoms with Gasteiger partial charge in [0.15, 0.2) is 0 Å². The fraction of sp³-hybridized carbons (Fsp3) is 0.316. The Morgan fingerprint density at radius 2 is 1.96 bits per heavy atom. The Bertz CT molecular complexity index is 706. The Hall–Kier alpha value is -2.40. The van der Waals surface area contributed by atoms with E-state index in [0.29, 0.717) is 12.5 Å². The Balaban J connectivity index is 1.69. The normalized spacial score (nSPS) is 17.0. The summed E-state index contributed by atoms with van der Waals surface area (Å²) < 4.78 is 24.7. The molecule has 24 heavy (non-hydrogen) atoms. The number of hydrogen-bond acceptors (Lipinski definition) is 3. The van der Waals surface area contributed by atoms with Gasteiger partial charge in [-0.1, -0.05) is 18.2 Å². The molecule has 1 fully saturated rings. The quantitative estimate of drug-likeness (QED) is 0.880. The minimum absolute atomic E-state index is 0.182. The molecule has 5 heteroatoms. The second-order valence-corrected chi connectivity index (χ2v) is 5.94. The molecule has 3 rings (SSSR count). The predicted molar refractivity (Wildman–Crippen MR) is 87.6 cm³/mol. The summed E-state index contributed by atoms with van der Waals surface area (Å²) in [5.74, 6) is -0.329. The molecule has 4 nitrogen and oxygen atoms in total. The van der Waals surface area contributed by atoms with Gasteiger partial charge in [-0.05, 0) is 47.4 Å². The van der Waals surface area contributed by atoms with Crippen LogP contribution in [0.3, 0.4) is 0 Å². The molecule has 1 aliphatic rings. The van der Waals surface area contributed by atoms with Gasteiger partial charge in [-0.25, -0.2) is 4.39 Å². The standard InChI is InChI=1S/C19H19FO4/c20-18-6-3-15(9-16(18)10-19(21)22)14-1-4-17(5-2-14)24-12-13-7-8-23-11-13/h1-6,9,13H,7-8,10-12H2,(H,21,22). The molecule has 1 N–H and O–H groups in total. The molecule has 126 valence electrons. The molecule has 1 unspecified atom stereocenters. The number of ether oxygens (including phenoxy) is 2. The molecule has 0 aromatic heterocycles. The van der Waals surface area contributed by atoms with Crippen molar-refractivity contribution in [1.82, 2.24) is 0 Å². The first kappa shape index (κ1) is 16.5. The highest BCUT2D eigenvalue weighted by molar-refractivity contribution is 5.72. The van der Waals surface area contributed by atoms with E-state index in [-0.39, 0.29) is 12.0 Å². The second kappa shape index (κ2) is 7.45. The molecule has 0 spiro atoms. The highest BCUT2D eigenvalue weighted by atomic mass is 19.1. The van der Waals surface area contributed by atoms with Gasteiger partial charge in [-0.2, -0.15) is 0 Å². The van der Waals surface area contributed by atoms with E-state index in [9.17, 15) is 9.18 Å². The molecule has 0 radical (unpaired) electrons. The van der Waals surface area contributed by atoms with Crippen LogP contribution in [-0.4, -0.2) is 30.9 Å². The first-order valence-corrected chi connectivity index (χ1v) is 7.93. The number of halogens is 1. The van der Waals surface area contributed by atoms with Crippen LogP contribution in [0, 0.1) is 11.7 Å². The summed E-state index contributed by atoms with van der Waals surface area (Å²) in [5, 5.41) is 8.85. The van der Waals surface area contributed by atoms with Crippen molar-refractivity contribution in [2.24, 2.45) is 5.92 Å². The van der Waals surface area contributed by atoms with Gasteiger partial charge < -0.3 is 14.6 Å². The van der Waals surface area contributed by atoms with Crippen LogP contribution < -0.4 is 4.74 Å². The molecule has 0 saturated carbocycles. The number of aliphatic carboxylic acids is 1. The third-order valence-corrected chi connectivity index (χ3v) is 4.08. The fourth-order valence-corrected chi connectivity index (χ4v) is 2.73. The highest BCUT2D eigenvalue weighted by Gasteiger charge is 2.16. The van der Waals surface area contributed by atoms with Crippen molar-refractivity contribution >= 4 is 5.97 Å². The van der Waals surface area contributed by atoms with E-state index in [1.807, 2.05) is 24.3 Å². The molecule has 1 aliphatic heterocycles. The summed E-state index contributed by atoms with van der Waals surface area (Å²) in [7, 11) is 0. The Kier molecular flexibility index (Phi) is 5.11. The number of rotatable bonds is 6. The monoisotopic (exact) mass is 330 g/mol. The van der Waals surface area contributed by atoms with E-state index in [0.717, 1.165) is 36.5 Å². The summed E-state index contributed by atoms with van der Waals surface area (Å²) in [4.78, 5) is 10.8. The van der Waals surface area contributed by atoms with Gasteiger partial charge in [0.25, 0.3) is 0 Å². The van der Waals surface area contributed by atoms with Crippen LogP contribution in [0.4, 0.5) is 4.39 Å². The van der Waals surface area contributed by atoms with Gasteiger partial charge in [0, 0.05) is 12.5 Å². The van der Waals surface area contributed by atoms with Crippen LogP contribution in [0.25, 0.3) is 11.1 Å². The van der Waals surface area contributed by atoms with E-state index in [1.54, 1.807) is 12.1 Å². The van der Waals surface area contributed by atoms with Crippen LogP contribution in [0.2, 0.25) is 0 Å². The van der Waals surface area contributed by atoms with Crippen LogP contribution in [-0.2, 0) is 16.0 Å². The summed E-state index contributed by atoms with van der Waals surface area (Å²) >= 11 is 0. The SMILES string of the molecule is O=C(O)Cc1cc(-c2ccc(OCC3CCOC3)cc2)ccc1F. The molecule has 2 aromatic carbocycles. The molecular weight excluding hydrogens is 311 g/mol. The zero-order valence-electron chi connectivity index (χ0n) is 13.2. The number of carboxylic acids is 1. The summed E-state index contributed by atoms with van der Waals surface area (Å²) in [6.45, 7) is 2.19. The lowest BCUT2D eigenvalue weighted by atomic mass is 10.0. The van der Waals surface area contributed by atoms with E-state index in [2.05, 4.69) is 0 Å². The third kappa shape index (κ3) is 4.11. The molecular formula is C19H19FO4. The molecule has 0 aliphatic carbocycles. The summed E-state index contributed by atoms with van der Waals surface area (Å²) in [5.41, 5.74) is 1.85. The number of carbonyl (C=O) groups is 1. The lowest BCUT2D eigenvalue weighted by Gasteiger charge is -2.11. The predicted octanol–water partition coefficient (Wildman–Crippen LogP) is 3.54. The fourth-order valence-electron chi connectivity index (χ4n) is 2.73. The maximum atomic E-state index is 13.7. The van der Waals surface area contributed by atoms with Crippen molar-refractivity contribution < 1.29 is 23.8 Å². The zero-order valence-corrected chi connectivity index (χ0v) is 13.2. The van der Waals surface area contributed by atoms with Gasteiger partial charge in [0.1, 0.15) is 11.6 Å². The van der Waals surface area contributed by atoms with E-state index >= 15 is 0 Å². The average Bonchev–Trinajstić information content (AvgIpc) is 3.09. The molecule has 2 aromatic rings. The van der Waals surface area contributed by atoms with E-state index < -0.39 is 11.8 Å². The number of carboxylic acid groups (broad SMARTS) is 1. The van der Waals surface area contributed by atoms with E-state index in [1.165, 1.54) is 6.07 Å². The Morgan fingerprint density at radius 1 is 1.21 bits per heavy atom. The third-order valence-electron chi connectivity index (χ3n) is 4.08. The van der Waals surface area contributed by atoms with Crippen molar-refractivity contribution in [1.29, 1.82) is 0 Å². The van der Waals surface area contributed by atoms with Crippen molar-refractivity contribution in [3.8, 4) is 16.9 Å². The first-order valence-electron chi connectivity index (χ1n) is 7.93. The van der Waals surface area contributed by atoms with Crippen LogP contribution >= 0.6 is 0 Å². The second-order valence-electron chi connectivity index (χ2n) is 5.94. The molecule has 1 atom stereocenters.